The van der Waals surface area contributed by atoms with Gasteiger partial charge in [-0.15, -0.1) is 0 Å². The van der Waals surface area contributed by atoms with Crippen molar-refractivity contribution in [3.05, 3.63) is 206 Å². The maximum atomic E-state index is 5.15. The molecule has 0 aliphatic rings. The van der Waals surface area contributed by atoms with Gasteiger partial charge in [-0.1, -0.05) is 176 Å². The molecule has 0 aliphatic carbocycles. The van der Waals surface area contributed by atoms with Gasteiger partial charge in [0, 0.05) is 33.7 Å². The Kier molecular flexibility index (Phi) is 8.37. The molecule has 6 nitrogen and oxygen atoms in total. The van der Waals surface area contributed by atoms with Crippen LogP contribution in [-0.4, -0.2) is 29.5 Å². The molecule has 0 N–H and O–H groups in total. The molecule has 0 unspecified atom stereocenters. The van der Waals surface area contributed by atoms with Crippen LogP contribution in [0.25, 0.3) is 106 Å². The molecule has 3 heterocycles. The molecule has 59 heavy (non-hydrogen) atoms. The molecule has 0 atom stereocenters. The zero-order chi connectivity index (χ0) is 39.1. The van der Waals surface area contributed by atoms with Crippen LogP contribution < -0.4 is 0 Å². The average Bonchev–Trinajstić information content (AvgIpc) is 3.71. The van der Waals surface area contributed by atoms with Gasteiger partial charge in [0.25, 0.3) is 0 Å². The summed E-state index contributed by atoms with van der Waals surface area (Å²) in [6.45, 7) is 0. The highest BCUT2D eigenvalue weighted by Crippen LogP contribution is 2.43. The summed E-state index contributed by atoms with van der Waals surface area (Å²) >= 11 is 0. The van der Waals surface area contributed by atoms with Crippen molar-refractivity contribution in [1.29, 1.82) is 0 Å². The van der Waals surface area contributed by atoms with Gasteiger partial charge >= 0.3 is 0 Å². The highest BCUT2D eigenvalue weighted by atomic mass is 15.1. The highest BCUT2D eigenvalue weighted by Gasteiger charge is 2.22. The van der Waals surface area contributed by atoms with E-state index >= 15 is 0 Å². The lowest BCUT2D eigenvalue weighted by molar-refractivity contribution is 1.07. The van der Waals surface area contributed by atoms with E-state index in [0.717, 1.165) is 88.7 Å². The lowest BCUT2D eigenvalue weighted by Gasteiger charge is -2.20. The molecule has 0 bridgehead atoms. The Bertz CT molecular complexity index is 3250. The van der Waals surface area contributed by atoms with Crippen molar-refractivity contribution in [1.82, 2.24) is 29.5 Å². The van der Waals surface area contributed by atoms with Crippen molar-refractivity contribution in [3.8, 4) is 73.6 Å². The van der Waals surface area contributed by atoms with Gasteiger partial charge in [0.2, 0.25) is 0 Å². The number of imidazole rings is 1. The Balaban J connectivity index is 1.09. The average molecular weight is 755 g/mol. The van der Waals surface area contributed by atoms with Gasteiger partial charge < -0.3 is 0 Å². The van der Waals surface area contributed by atoms with E-state index in [1.54, 1.807) is 0 Å². The Morgan fingerprint density at radius 2 is 0.847 bits per heavy atom. The number of aromatic nitrogens is 6. The molecule has 8 aromatic carbocycles. The van der Waals surface area contributed by atoms with Crippen LogP contribution in [0.15, 0.2) is 206 Å². The SMILES string of the molecule is c1ccc(-c2nc(-c3ccc(-c4c5ccccc5c(-n5c(-c6ccccn6)nc6ccccc65)c5ccccc45)cc3)nc(-c3ccccc3-c3ccccc3)n2)cc1. The van der Waals surface area contributed by atoms with E-state index in [1.165, 1.54) is 0 Å². The Labute approximate surface area is 340 Å². The zero-order valence-electron chi connectivity index (χ0n) is 31.8. The molecule has 0 aliphatic heterocycles. The Morgan fingerprint density at radius 1 is 0.339 bits per heavy atom. The first-order valence-corrected chi connectivity index (χ1v) is 19.7. The van der Waals surface area contributed by atoms with Crippen molar-refractivity contribution in [2.24, 2.45) is 0 Å². The molecule has 11 rings (SSSR count). The lowest BCUT2D eigenvalue weighted by atomic mass is 9.90. The molecule has 0 fully saturated rings. The fourth-order valence-electron chi connectivity index (χ4n) is 8.25. The molecular weight excluding hydrogens is 721 g/mol. The van der Waals surface area contributed by atoms with Crippen LogP contribution in [0.1, 0.15) is 0 Å². The molecule has 0 spiro atoms. The van der Waals surface area contributed by atoms with Crippen LogP contribution in [0.2, 0.25) is 0 Å². The molecule has 3 aromatic heterocycles. The molecule has 0 radical (unpaired) electrons. The van der Waals surface area contributed by atoms with Crippen molar-refractivity contribution in [2.75, 3.05) is 0 Å². The molecule has 0 saturated heterocycles. The van der Waals surface area contributed by atoms with Crippen LogP contribution in [-0.2, 0) is 0 Å². The molecule has 6 heteroatoms. The Hall–Kier alpha value is -8.09. The zero-order valence-corrected chi connectivity index (χ0v) is 31.8. The second-order valence-corrected chi connectivity index (χ2v) is 14.5. The van der Waals surface area contributed by atoms with Crippen molar-refractivity contribution in [3.63, 3.8) is 0 Å². The monoisotopic (exact) mass is 754 g/mol. The molecule has 11 aromatic rings. The number of benzene rings is 8. The summed E-state index contributed by atoms with van der Waals surface area (Å²) in [6, 6.07) is 69.1. The number of fused-ring (bicyclic) bond motifs is 3. The van der Waals surface area contributed by atoms with Gasteiger partial charge in [-0.05, 0) is 57.3 Å². The third-order valence-electron chi connectivity index (χ3n) is 10.9. The maximum Gasteiger partial charge on any atom is 0.164 e. The first-order valence-electron chi connectivity index (χ1n) is 19.7. The number of hydrogen-bond donors (Lipinski definition) is 0. The predicted molar refractivity (Wildman–Crippen MR) is 240 cm³/mol. The summed E-state index contributed by atoms with van der Waals surface area (Å²) < 4.78 is 2.29. The van der Waals surface area contributed by atoms with Crippen molar-refractivity contribution in [2.45, 2.75) is 0 Å². The standard InChI is InChI=1S/C53H34N6/c1-3-17-35(18-4-1)39-21-7-12-26-44(39)52-57-50(37-19-5-2-6-20-37)56-51(58-52)38-32-30-36(31-33-38)48-40-22-8-10-24-42(40)49(43-25-11-9-23-41(43)48)59-47-29-14-13-27-45(47)55-53(59)46-28-15-16-34-54-46/h1-34H. The first kappa shape index (κ1) is 34.2. The molecular formula is C53H34N6. The normalized spacial score (nSPS) is 11.4. The second kappa shape index (κ2) is 14.4. The molecule has 0 saturated carbocycles. The van der Waals surface area contributed by atoms with Gasteiger partial charge in [0.15, 0.2) is 23.3 Å². The quantitative estimate of drug-likeness (QED) is 0.152. The van der Waals surface area contributed by atoms with Crippen LogP contribution >= 0.6 is 0 Å². The van der Waals surface area contributed by atoms with E-state index < -0.39 is 0 Å². The minimum Gasteiger partial charge on any atom is -0.290 e. The summed E-state index contributed by atoms with van der Waals surface area (Å²) in [5.74, 6) is 2.67. The van der Waals surface area contributed by atoms with Gasteiger partial charge in [-0.2, -0.15) is 0 Å². The third kappa shape index (κ3) is 6.02. The van der Waals surface area contributed by atoms with E-state index in [0.29, 0.717) is 17.5 Å². The van der Waals surface area contributed by atoms with Crippen molar-refractivity contribution >= 4 is 32.6 Å². The predicted octanol–water partition coefficient (Wildman–Crippen LogP) is 12.9. The Morgan fingerprint density at radius 3 is 1.51 bits per heavy atom. The summed E-state index contributed by atoms with van der Waals surface area (Å²) in [7, 11) is 0. The van der Waals surface area contributed by atoms with E-state index in [-0.39, 0.29) is 0 Å². The fourth-order valence-corrected chi connectivity index (χ4v) is 8.25. The third-order valence-corrected chi connectivity index (χ3v) is 10.9. The first-order chi connectivity index (χ1) is 29.3. The summed E-state index contributed by atoms with van der Waals surface area (Å²) in [5.41, 5.74) is 11.1. The second-order valence-electron chi connectivity index (χ2n) is 14.5. The maximum absolute atomic E-state index is 5.15. The molecule has 276 valence electrons. The highest BCUT2D eigenvalue weighted by molar-refractivity contribution is 6.19. The summed E-state index contributed by atoms with van der Waals surface area (Å²) in [4.78, 5) is 25.2. The largest absolute Gasteiger partial charge is 0.290 e. The topological polar surface area (TPSA) is 69.4 Å². The van der Waals surface area contributed by atoms with Crippen LogP contribution in [0.3, 0.4) is 0 Å². The van der Waals surface area contributed by atoms with Gasteiger partial charge in [0.1, 0.15) is 5.69 Å². The lowest BCUT2D eigenvalue weighted by Crippen LogP contribution is -2.02. The number of para-hydroxylation sites is 2. The van der Waals surface area contributed by atoms with E-state index in [1.807, 2.05) is 72.9 Å². The smallest absolute Gasteiger partial charge is 0.164 e. The van der Waals surface area contributed by atoms with Crippen LogP contribution in [0, 0.1) is 0 Å². The minimum atomic E-state index is 0.613. The van der Waals surface area contributed by atoms with Gasteiger partial charge in [-0.25, -0.2) is 19.9 Å². The van der Waals surface area contributed by atoms with Crippen molar-refractivity contribution < 1.29 is 0 Å². The van der Waals surface area contributed by atoms with E-state index in [2.05, 4.69) is 138 Å². The number of hydrogen-bond acceptors (Lipinski definition) is 5. The summed E-state index contributed by atoms with van der Waals surface area (Å²) in [5, 5.41) is 4.53. The van der Waals surface area contributed by atoms with Crippen LogP contribution in [0.4, 0.5) is 0 Å². The molecule has 0 amide bonds. The van der Waals surface area contributed by atoms with E-state index in [4.69, 9.17) is 24.9 Å². The number of nitrogens with zero attached hydrogens (tertiary/aromatic N) is 6. The minimum absolute atomic E-state index is 0.613. The van der Waals surface area contributed by atoms with E-state index in [9.17, 15) is 0 Å². The fraction of sp³-hybridized carbons (Fsp3) is 0. The number of rotatable bonds is 7. The van der Waals surface area contributed by atoms with Crippen LogP contribution in [0.5, 0.6) is 0 Å². The number of pyridine rings is 1. The summed E-state index contributed by atoms with van der Waals surface area (Å²) in [6.07, 6.45) is 1.83. The van der Waals surface area contributed by atoms with Gasteiger partial charge in [-0.3, -0.25) is 9.55 Å². The van der Waals surface area contributed by atoms with Gasteiger partial charge in [0.05, 0.1) is 16.7 Å².